The number of nitrogens with two attached hydrogens (primary N) is 1. The molecule has 2 saturated carbocycles. The number of carbonyl (C=O) groups excluding carboxylic acids is 2. The Kier molecular flexibility index (Phi) is 7.39. The molecule has 0 aromatic carbocycles. The molecule has 0 aromatic heterocycles. The molecule has 36 heavy (non-hydrogen) atoms. The number of rotatable bonds is 2. The summed E-state index contributed by atoms with van der Waals surface area (Å²) < 4.78 is 0. The van der Waals surface area contributed by atoms with Crippen LogP contribution in [0.4, 0.5) is 0 Å². The molecular weight excluding hydrogens is 444 g/mol. The van der Waals surface area contributed by atoms with Gasteiger partial charge in [0.2, 0.25) is 0 Å². The van der Waals surface area contributed by atoms with Crippen molar-refractivity contribution in [2.45, 2.75) is 126 Å². The number of carbonyl (C=O) groups is 2. The highest BCUT2D eigenvalue weighted by Crippen LogP contribution is 2.68. The molecule has 2 N–H and O–H groups in total. The van der Waals surface area contributed by atoms with Crippen LogP contribution in [0.2, 0.25) is 0 Å². The maximum atomic E-state index is 13.2. The zero-order chi connectivity index (χ0) is 27.4. The van der Waals surface area contributed by atoms with E-state index >= 15 is 0 Å². The van der Waals surface area contributed by atoms with Gasteiger partial charge in [-0.3, -0.25) is 9.59 Å². The largest absolute Gasteiger partial charge is 0.325 e. The van der Waals surface area contributed by atoms with Crippen LogP contribution in [0.25, 0.3) is 0 Å². The van der Waals surface area contributed by atoms with Gasteiger partial charge in [-0.25, -0.2) is 0 Å². The molecule has 200 valence electrons. The average Bonchev–Trinajstić information content (AvgIpc) is 2.76. The summed E-state index contributed by atoms with van der Waals surface area (Å²) in [6, 6.07) is 2.19. The van der Waals surface area contributed by atoms with Gasteiger partial charge in [-0.2, -0.15) is 5.26 Å². The Morgan fingerprint density at radius 2 is 1.58 bits per heavy atom. The van der Waals surface area contributed by atoms with E-state index in [1.165, 1.54) is 6.42 Å². The third kappa shape index (κ3) is 4.90. The van der Waals surface area contributed by atoms with Crippen LogP contribution in [0.3, 0.4) is 0 Å². The highest BCUT2D eigenvalue weighted by Gasteiger charge is 2.61. The minimum atomic E-state index is -0.650. The molecule has 0 bridgehead atoms. The predicted molar refractivity (Wildman–Crippen MR) is 147 cm³/mol. The molecule has 0 aliphatic heterocycles. The lowest BCUT2D eigenvalue weighted by atomic mass is 9.41. The van der Waals surface area contributed by atoms with Crippen LogP contribution in [0.1, 0.15) is 120 Å². The first kappa shape index (κ1) is 28.8. The lowest BCUT2D eigenvalue weighted by Gasteiger charge is -2.62. The second-order valence-electron chi connectivity index (χ2n) is 14.8. The maximum absolute atomic E-state index is 13.2. The molecule has 0 radical (unpaired) electrons. The molecule has 4 nitrogen and oxygen atoms in total. The van der Waals surface area contributed by atoms with Crippen molar-refractivity contribution in [1.29, 1.82) is 5.26 Å². The first-order valence-corrected chi connectivity index (χ1v) is 14.0. The number of nitriles is 1. The van der Waals surface area contributed by atoms with Crippen LogP contribution < -0.4 is 5.73 Å². The van der Waals surface area contributed by atoms with Crippen LogP contribution in [0.15, 0.2) is 23.3 Å². The maximum Gasteiger partial charge on any atom is 0.178 e. The topological polar surface area (TPSA) is 84.0 Å². The van der Waals surface area contributed by atoms with Gasteiger partial charge in [-0.1, -0.05) is 66.5 Å². The molecule has 0 unspecified atom stereocenters. The fourth-order valence-corrected chi connectivity index (χ4v) is 8.11. The third-order valence-corrected chi connectivity index (χ3v) is 11.0. The summed E-state index contributed by atoms with van der Waals surface area (Å²) >= 11 is 0. The first-order chi connectivity index (χ1) is 16.3. The Hall–Kier alpha value is -1.73. The Balaban J connectivity index is 2.19. The quantitative estimate of drug-likeness (QED) is 0.403. The number of nitrogens with zero attached hydrogens (tertiary/aromatic N) is 1. The molecule has 0 heterocycles. The molecular formula is C32H50N2O2. The van der Waals surface area contributed by atoms with E-state index in [2.05, 4.69) is 47.6 Å². The number of allylic oxidation sites excluding steroid dienone is 4. The molecule has 5 atom stereocenters. The van der Waals surface area contributed by atoms with Gasteiger partial charge in [0.05, 0.1) is 5.57 Å². The Morgan fingerprint density at radius 1 is 0.972 bits per heavy atom. The summed E-state index contributed by atoms with van der Waals surface area (Å²) in [4.78, 5) is 26.0. The number of hydrogen-bond donors (Lipinski definition) is 1. The summed E-state index contributed by atoms with van der Waals surface area (Å²) in [6.45, 7) is 19.5. The molecule has 0 saturated heterocycles. The Labute approximate surface area is 220 Å². The smallest absolute Gasteiger partial charge is 0.178 e. The second kappa shape index (κ2) is 9.23. The molecule has 2 fully saturated rings. The molecule has 3 rings (SSSR count). The van der Waals surface area contributed by atoms with E-state index in [0.29, 0.717) is 0 Å². The SMILES string of the molecule is CC(=O)/C=C1/[C@@]2(C)C=C(C#N)C(=O)C(C)(C)[C@@H]2CC[C@@]1(C)[C@@]1(C)CCCC(C)(C)CC[C@](C)(N)CC1. The van der Waals surface area contributed by atoms with Gasteiger partial charge in [0, 0.05) is 16.4 Å². The van der Waals surface area contributed by atoms with Crippen molar-refractivity contribution in [2.75, 3.05) is 0 Å². The Bertz CT molecular complexity index is 1020. The van der Waals surface area contributed by atoms with Gasteiger partial charge >= 0.3 is 0 Å². The highest BCUT2D eigenvalue weighted by atomic mass is 16.1. The van der Waals surface area contributed by atoms with Crippen LogP contribution in [-0.4, -0.2) is 17.1 Å². The highest BCUT2D eigenvalue weighted by molar-refractivity contribution is 6.04. The first-order valence-electron chi connectivity index (χ1n) is 14.0. The van der Waals surface area contributed by atoms with E-state index in [-0.39, 0.29) is 44.8 Å². The van der Waals surface area contributed by atoms with E-state index < -0.39 is 10.8 Å². The van der Waals surface area contributed by atoms with E-state index in [4.69, 9.17) is 5.73 Å². The molecule has 0 aromatic rings. The zero-order valence-electron chi connectivity index (χ0n) is 24.4. The van der Waals surface area contributed by atoms with E-state index in [0.717, 1.165) is 56.9 Å². The average molecular weight is 495 g/mol. The summed E-state index contributed by atoms with van der Waals surface area (Å²) in [5.41, 5.74) is 6.80. The molecule has 0 spiro atoms. The summed E-state index contributed by atoms with van der Waals surface area (Å²) in [5, 5.41) is 9.89. The van der Waals surface area contributed by atoms with Crippen molar-refractivity contribution < 1.29 is 9.59 Å². The molecule has 3 aliphatic rings. The summed E-state index contributed by atoms with van der Waals surface area (Å²) in [5.74, 6) is 0.0207. The van der Waals surface area contributed by atoms with Crippen LogP contribution in [-0.2, 0) is 9.59 Å². The Morgan fingerprint density at radius 3 is 2.17 bits per heavy atom. The number of hydrogen-bond acceptors (Lipinski definition) is 4. The van der Waals surface area contributed by atoms with Crippen molar-refractivity contribution >= 4 is 11.6 Å². The van der Waals surface area contributed by atoms with Gasteiger partial charge in [-0.05, 0) is 93.5 Å². The van der Waals surface area contributed by atoms with Gasteiger partial charge in [0.25, 0.3) is 0 Å². The third-order valence-electron chi connectivity index (χ3n) is 11.0. The monoisotopic (exact) mass is 494 g/mol. The number of Topliss-reactive ketones (excluding diaryl/α,β-unsaturated/α-hetero) is 1. The molecule has 4 heteroatoms. The van der Waals surface area contributed by atoms with Crippen LogP contribution >= 0.6 is 0 Å². The normalized spacial score (nSPS) is 42.1. The minimum absolute atomic E-state index is 0.0352. The fraction of sp³-hybridized carbons (Fsp3) is 0.781. The van der Waals surface area contributed by atoms with Gasteiger partial charge in [0.15, 0.2) is 11.6 Å². The van der Waals surface area contributed by atoms with E-state index in [9.17, 15) is 14.9 Å². The predicted octanol–water partition coefficient (Wildman–Crippen LogP) is 7.48. The number of fused-ring (bicyclic) bond motifs is 1. The molecule has 3 aliphatic carbocycles. The zero-order valence-corrected chi connectivity index (χ0v) is 24.4. The van der Waals surface area contributed by atoms with Crippen molar-refractivity contribution in [3.8, 4) is 6.07 Å². The fourth-order valence-electron chi connectivity index (χ4n) is 8.11. The van der Waals surface area contributed by atoms with Crippen molar-refractivity contribution in [2.24, 2.45) is 38.7 Å². The van der Waals surface area contributed by atoms with Gasteiger partial charge < -0.3 is 5.73 Å². The van der Waals surface area contributed by atoms with Gasteiger partial charge in [0.1, 0.15) is 6.07 Å². The van der Waals surface area contributed by atoms with E-state index in [1.807, 2.05) is 26.0 Å². The lowest BCUT2D eigenvalue weighted by molar-refractivity contribution is -0.131. The van der Waals surface area contributed by atoms with Gasteiger partial charge in [-0.15, -0.1) is 0 Å². The molecule has 0 amide bonds. The van der Waals surface area contributed by atoms with Crippen molar-refractivity contribution in [3.63, 3.8) is 0 Å². The lowest BCUT2D eigenvalue weighted by Crippen LogP contribution is -2.56. The number of ketones is 2. The van der Waals surface area contributed by atoms with Crippen LogP contribution in [0.5, 0.6) is 0 Å². The summed E-state index contributed by atoms with van der Waals surface area (Å²) in [7, 11) is 0. The van der Waals surface area contributed by atoms with Crippen molar-refractivity contribution in [1.82, 2.24) is 0 Å². The van der Waals surface area contributed by atoms with Crippen LogP contribution in [0, 0.1) is 44.3 Å². The standard InChI is InChI=1S/C32H50N2O2/c1-22(35)19-25-31(8)20-23(21-33)26(36)28(4,5)24(31)11-14-32(25,9)29(6)13-10-12-27(2,3)15-17-30(7,34)18-16-29/h19-20,24H,10-18,34H2,1-9H3/b25-19-/t24-,29-,30-,31-,32+/m0/s1. The second-order valence-corrected chi connectivity index (χ2v) is 14.8. The van der Waals surface area contributed by atoms with E-state index in [1.54, 1.807) is 6.92 Å². The van der Waals surface area contributed by atoms with Crippen molar-refractivity contribution in [3.05, 3.63) is 23.3 Å². The summed E-state index contributed by atoms with van der Waals surface area (Å²) in [6.07, 6.45) is 13.1. The minimum Gasteiger partial charge on any atom is -0.325 e.